The van der Waals surface area contributed by atoms with Crippen LogP contribution in [-0.4, -0.2) is 26.1 Å². The standard InChI is InChI=1S/C26H27N5O/c1-19(2)21-13-15-23(16-14-21)26-28-30-31(29-26)18-25(32)27-24(22-11-7-4-8-12-22)17-20-9-5-3-6-10-20/h3-16,19,24H,17-18H2,1-2H3,(H,27,32). The maximum absolute atomic E-state index is 12.8. The number of tetrazole rings is 1. The lowest BCUT2D eigenvalue weighted by Gasteiger charge is -2.19. The van der Waals surface area contributed by atoms with E-state index in [1.54, 1.807) is 0 Å². The van der Waals surface area contributed by atoms with Crippen LogP contribution in [-0.2, 0) is 17.8 Å². The average Bonchev–Trinajstić information content (AvgIpc) is 3.28. The van der Waals surface area contributed by atoms with Gasteiger partial charge in [0.2, 0.25) is 11.7 Å². The molecule has 1 atom stereocenters. The minimum Gasteiger partial charge on any atom is -0.347 e. The van der Waals surface area contributed by atoms with Crippen molar-refractivity contribution >= 4 is 5.91 Å². The van der Waals surface area contributed by atoms with Crippen LogP contribution in [0.25, 0.3) is 11.4 Å². The normalized spacial score (nSPS) is 12.0. The van der Waals surface area contributed by atoms with Gasteiger partial charge >= 0.3 is 0 Å². The maximum Gasteiger partial charge on any atom is 0.244 e. The highest BCUT2D eigenvalue weighted by atomic mass is 16.2. The summed E-state index contributed by atoms with van der Waals surface area (Å²) < 4.78 is 0. The van der Waals surface area contributed by atoms with Gasteiger partial charge in [-0.25, -0.2) is 0 Å². The van der Waals surface area contributed by atoms with Crippen LogP contribution >= 0.6 is 0 Å². The Morgan fingerprint density at radius 2 is 1.53 bits per heavy atom. The SMILES string of the molecule is CC(C)c1ccc(-c2nnn(CC(=O)NC(Cc3ccccc3)c3ccccc3)n2)cc1. The fraction of sp³-hybridized carbons (Fsp3) is 0.231. The van der Waals surface area contributed by atoms with Gasteiger partial charge in [0.1, 0.15) is 6.54 Å². The zero-order chi connectivity index (χ0) is 22.3. The van der Waals surface area contributed by atoms with Crippen molar-refractivity contribution in [1.82, 2.24) is 25.5 Å². The molecule has 1 heterocycles. The number of hydrogen-bond donors (Lipinski definition) is 1. The highest BCUT2D eigenvalue weighted by molar-refractivity contribution is 5.76. The second-order valence-corrected chi connectivity index (χ2v) is 8.14. The zero-order valence-electron chi connectivity index (χ0n) is 18.3. The molecule has 1 unspecified atom stereocenters. The van der Waals surface area contributed by atoms with Crippen molar-refractivity contribution in [2.24, 2.45) is 0 Å². The largest absolute Gasteiger partial charge is 0.347 e. The van der Waals surface area contributed by atoms with Gasteiger partial charge < -0.3 is 5.32 Å². The molecule has 3 aromatic carbocycles. The van der Waals surface area contributed by atoms with Crippen LogP contribution in [0.3, 0.4) is 0 Å². The van der Waals surface area contributed by atoms with Gasteiger partial charge in [-0.05, 0) is 34.2 Å². The van der Waals surface area contributed by atoms with Crippen molar-refractivity contribution < 1.29 is 4.79 Å². The molecule has 0 aliphatic heterocycles. The number of carbonyl (C=O) groups is 1. The molecule has 0 saturated carbocycles. The number of carbonyl (C=O) groups excluding carboxylic acids is 1. The van der Waals surface area contributed by atoms with E-state index < -0.39 is 0 Å². The summed E-state index contributed by atoms with van der Waals surface area (Å²) in [5.41, 5.74) is 4.35. The molecular formula is C26H27N5O. The Labute approximate surface area is 188 Å². The summed E-state index contributed by atoms with van der Waals surface area (Å²) in [5, 5.41) is 15.7. The van der Waals surface area contributed by atoms with E-state index >= 15 is 0 Å². The number of aromatic nitrogens is 4. The van der Waals surface area contributed by atoms with Gasteiger partial charge in [0.05, 0.1) is 6.04 Å². The van der Waals surface area contributed by atoms with E-state index in [1.165, 1.54) is 10.4 Å². The van der Waals surface area contributed by atoms with Gasteiger partial charge in [-0.3, -0.25) is 4.79 Å². The molecule has 6 heteroatoms. The van der Waals surface area contributed by atoms with E-state index in [0.717, 1.165) is 16.7 Å². The van der Waals surface area contributed by atoms with Crippen LogP contribution in [0, 0.1) is 0 Å². The summed E-state index contributed by atoms with van der Waals surface area (Å²) in [4.78, 5) is 14.2. The van der Waals surface area contributed by atoms with Crippen LogP contribution in [0.4, 0.5) is 0 Å². The zero-order valence-corrected chi connectivity index (χ0v) is 18.3. The number of benzene rings is 3. The number of rotatable bonds is 8. The van der Waals surface area contributed by atoms with E-state index in [-0.39, 0.29) is 18.5 Å². The Morgan fingerprint density at radius 1 is 0.875 bits per heavy atom. The molecule has 0 spiro atoms. The van der Waals surface area contributed by atoms with Gasteiger partial charge in [-0.15, -0.1) is 10.2 Å². The van der Waals surface area contributed by atoms with Crippen LogP contribution in [0.2, 0.25) is 0 Å². The van der Waals surface area contributed by atoms with E-state index in [4.69, 9.17) is 0 Å². The second kappa shape index (κ2) is 10.0. The quantitative estimate of drug-likeness (QED) is 0.449. The Bertz CT molecular complexity index is 1140. The minimum atomic E-state index is -0.158. The highest BCUT2D eigenvalue weighted by Gasteiger charge is 2.17. The van der Waals surface area contributed by atoms with Crippen LogP contribution < -0.4 is 5.32 Å². The summed E-state index contributed by atoms with van der Waals surface area (Å²) in [7, 11) is 0. The monoisotopic (exact) mass is 425 g/mol. The molecule has 0 saturated heterocycles. The predicted octanol–water partition coefficient (Wildman–Crippen LogP) is 4.56. The molecule has 4 rings (SSSR count). The summed E-state index contributed by atoms with van der Waals surface area (Å²) in [6.07, 6.45) is 0.703. The summed E-state index contributed by atoms with van der Waals surface area (Å²) in [6.45, 7) is 4.32. The molecule has 0 bridgehead atoms. The third-order valence-electron chi connectivity index (χ3n) is 5.39. The first kappa shape index (κ1) is 21.4. The fourth-order valence-electron chi connectivity index (χ4n) is 3.60. The van der Waals surface area contributed by atoms with Gasteiger partial charge in [0.25, 0.3) is 0 Å². The summed E-state index contributed by atoms with van der Waals surface area (Å²) >= 11 is 0. The van der Waals surface area contributed by atoms with E-state index in [9.17, 15) is 4.79 Å². The topological polar surface area (TPSA) is 72.7 Å². The molecule has 162 valence electrons. The molecule has 1 amide bonds. The van der Waals surface area contributed by atoms with E-state index in [0.29, 0.717) is 18.2 Å². The first-order valence-electron chi connectivity index (χ1n) is 10.8. The van der Waals surface area contributed by atoms with Crippen molar-refractivity contribution in [2.75, 3.05) is 0 Å². The lowest BCUT2D eigenvalue weighted by molar-refractivity contribution is -0.122. The molecule has 0 aliphatic carbocycles. The van der Waals surface area contributed by atoms with Crippen molar-refractivity contribution in [3.8, 4) is 11.4 Å². The van der Waals surface area contributed by atoms with Gasteiger partial charge in [-0.1, -0.05) is 98.8 Å². The molecule has 0 radical (unpaired) electrons. The number of hydrogen-bond acceptors (Lipinski definition) is 4. The lowest BCUT2D eigenvalue weighted by Crippen LogP contribution is -2.33. The first-order valence-corrected chi connectivity index (χ1v) is 10.8. The number of amides is 1. The van der Waals surface area contributed by atoms with Crippen molar-refractivity contribution in [3.05, 3.63) is 102 Å². The van der Waals surface area contributed by atoms with Crippen LogP contribution in [0.15, 0.2) is 84.9 Å². The Morgan fingerprint density at radius 3 is 2.19 bits per heavy atom. The molecule has 0 fully saturated rings. The minimum absolute atomic E-state index is 0.00913. The average molecular weight is 426 g/mol. The maximum atomic E-state index is 12.8. The molecule has 6 nitrogen and oxygen atoms in total. The molecule has 32 heavy (non-hydrogen) atoms. The first-order chi connectivity index (χ1) is 15.6. The molecule has 1 aromatic heterocycles. The molecular weight excluding hydrogens is 398 g/mol. The van der Waals surface area contributed by atoms with Crippen molar-refractivity contribution in [1.29, 1.82) is 0 Å². The van der Waals surface area contributed by atoms with E-state index in [2.05, 4.69) is 58.8 Å². The van der Waals surface area contributed by atoms with Crippen LogP contribution in [0.1, 0.15) is 42.5 Å². The predicted molar refractivity (Wildman–Crippen MR) is 125 cm³/mol. The number of nitrogens with zero attached hydrogens (tertiary/aromatic N) is 4. The van der Waals surface area contributed by atoms with Crippen LogP contribution in [0.5, 0.6) is 0 Å². The van der Waals surface area contributed by atoms with Gasteiger partial charge in [-0.2, -0.15) is 4.80 Å². The molecule has 0 aliphatic rings. The van der Waals surface area contributed by atoms with Crippen molar-refractivity contribution in [3.63, 3.8) is 0 Å². The Kier molecular flexibility index (Phi) is 6.70. The third kappa shape index (κ3) is 5.46. The van der Waals surface area contributed by atoms with Gasteiger partial charge in [0, 0.05) is 5.56 Å². The molecule has 1 N–H and O–H groups in total. The summed E-state index contributed by atoms with van der Waals surface area (Å²) in [5.74, 6) is 0.815. The second-order valence-electron chi connectivity index (χ2n) is 8.14. The molecule has 4 aromatic rings. The van der Waals surface area contributed by atoms with E-state index in [1.807, 2.05) is 60.7 Å². The Hall–Kier alpha value is -3.80. The Balaban J connectivity index is 1.44. The van der Waals surface area contributed by atoms with Crippen molar-refractivity contribution in [2.45, 2.75) is 38.8 Å². The highest BCUT2D eigenvalue weighted by Crippen LogP contribution is 2.20. The lowest BCUT2D eigenvalue weighted by atomic mass is 9.99. The third-order valence-corrected chi connectivity index (χ3v) is 5.39. The fourth-order valence-corrected chi connectivity index (χ4v) is 3.60. The number of nitrogens with one attached hydrogen (secondary N) is 1. The summed E-state index contributed by atoms with van der Waals surface area (Å²) in [6, 6.07) is 28.1. The van der Waals surface area contributed by atoms with Gasteiger partial charge in [0.15, 0.2) is 0 Å². The smallest absolute Gasteiger partial charge is 0.244 e.